The number of aryl methyl sites for hydroxylation is 1. The largest absolute Gasteiger partial charge is 0.505 e. The molecular weight excluding hydrogens is 282 g/mol. The molecule has 20 heavy (non-hydrogen) atoms. The Morgan fingerprint density at radius 2 is 2.05 bits per heavy atom. The SMILES string of the molecule is Cc1cnc(NC(=O)Nc2cccc(C(=O)O)c2O)s1. The number of carboxylic acids is 1. The minimum atomic E-state index is -1.28. The van der Waals surface area contributed by atoms with Crippen molar-refractivity contribution >= 4 is 34.2 Å². The van der Waals surface area contributed by atoms with Crippen LogP contribution in [0.5, 0.6) is 5.75 Å². The Morgan fingerprint density at radius 1 is 1.30 bits per heavy atom. The number of thiazole rings is 1. The zero-order valence-corrected chi connectivity index (χ0v) is 11.2. The maximum Gasteiger partial charge on any atom is 0.339 e. The minimum absolute atomic E-state index is 0.00989. The molecule has 0 aliphatic heterocycles. The summed E-state index contributed by atoms with van der Waals surface area (Å²) in [6.45, 7) is 1.85. The van der Waals surface area contributed by atoms with Crippen LogP contribution in [0.1, 0.15) is 15.2 Å². The van der Waals surface area contributed by atoms with Gasteiger partial charge in [-0.2, -0.15) is 0 Å². The van der Waals surface area contributed by atoms with Crippen LogP contribution >= 0.6 is 11.3 Å². The quantitative estimate of drug-likeness (QED) is 0.650. The van der Waals surface area contributed by atoms with E-state index < -0.39 is 17.7 Å². The van der Waals surface area contributed by atoms with Gasteiger partial charge in [0.15, 0.2) is 10.9 Å². The van der Waals surface area contributed by atoms with Gasteiger partial charge < -0.3 is 15.5 Å². The van der Waals surface area contributed by atoms with Crippen LogP contribution in [-0.4, -0.2) is 27.2 Å². The number of urea groups is 1. The van der Waals surface area contributed by atoms with E-state index >= 15 is 0 Å². The Hall–Kier alpha value is -2.61. The molecule has 2 rings (SSSR count). The van der Waals surface area contributed by atoms with Gasteiger partial charge in [0.05, 0.1) is 5.69 Å². The molecule has 0 fully saturated rings. The van der Waals surface area contributed by atoms with E-state index in [1.54, 1.807) is 6.20 Å². The van der Waals surface area contributed by atoms with Gasteiger partial charge in [-0.05, 0) is 19.1 Å². The number of aromatic nitrogens is 1. The number of carbonyl (C=O) groups excluding carboxylic acids is 1. The number of carboxylic acid groups (broad SMARTS) is 1. The van der Waals surface area contributed by atoms with Gasteiger partial charge in [0, 0.05) is 11.1 Å². The van der Waals surface area contributed by atoms with Crippen molar-refractivity contribution in [3.8, 4) is 5.75 Å². The average Bonchev–Trinajstić information content (AvgIpc) is 2.77. The first kappa shape index (κ1) is 13.8. The minimum Gasteiger partial charge on any atom is -0.505 e. The first-order valence-corrected chi connectivity index (χ1v) is 6.34. The number of nitrogens with one attached hydrogen (secondary N) is 2. The number of phenols is 1. The lowest BCUT2D eigenvalue weighted by Crippen LogP contribution is -2.19. The fourth-order valence-electron chi connectivity index (χ4n) is 1.48. The van der Waals surface area contributed by atoms with Gasteiger partial charge >= 0.3 is 12.0 Å². The molecule has 0 radical (unpaired) electrons. The van der Waals surface area contributed by atoms with E-state index in [0.29, 0.717) is 5.13 Å². The number of amides is 2. The summed E-state index contributed by atoms with van der Waals surface area (Å²) >= 11 is 1.30. The molecule has 8 heteroatoms. The molecule has 0 saturated carbocycles. The van der Waals surface area contributed by atoms with Gasteiger partial charge in [0.2, 0.25) is 0 Å². The molecule has 4 N–H and O–H groups in total. The van der Waals surface area contributed by atoms with Gasteiger partial charge in [-0.15, -0.1) is 11.3 Å². The molecule has 1 aromatic heterocycles. The molecule has 0 aliphatic rings. The Labute approximate surface area is 117 Å². The summed E-state index contributed by atoms with van der Waals surface area (Å²) in [5.41, 5.74) is -0.274. The van der Waals surface area contributed by atoms with E-state index in [0.717, 1.165) is 4.88 Å². The number of hydrogen-bond acceptors (Lipinski definition) is 5. The van der Waals surface area contributed by atoms with Crippen molar-refractivity contribution in [2.24, 2.45) is 0 Å². The van der Waals surface area contributed by atoms with Crippen molar-refractivity contribution in [3.63, 3.8) is 0 Å². The highest BCUT2D eigenvalue weighted by molar-refractivity contribution is 7.15. The van der Waals surface area contributed by atoms with E-state index in [1.807, 2.05) is 6.92 Å². The topological polar surface area (TPSA) is 112 Å². The number of aromatic hydroxyl groups is 1. The molecule has 0 bridgehead atoms. The summed E-state index contributed by atoms with van der Waals surface area (Å²) in [4.78, 5) is 27.5. The number of aromatic carboxylic acids is 1. The number of rotatable bonds is 3. The molecule has 104 valence electrons. The summed E-state index contributed by atoms with van der Waals surface area (Å²) in [6, 6.07) is 3.45. The molecule has 0 spiro atoms. The molecule has 0 unspecified atom stereocenters. The Morgan fingerprint density at radius 3 is 2.65 bits per heavy atom. The first-order chi connectivity index (χ1) is 9.47. The van der Waals surface area contributed by atoms with E-state index in [1.165, 1.54) is 29.5 Å². The highest BCUT2D eigenvalue weighted by atomic mass is 32.1. The summed E-state index contributed by atoms with van der Waals surface area (Å²) in [7, 11) is 0. The average molecular weight is 293 g/mol. The highest BCUT2D eigenvalue weighted by Crippen LogP contribution is 2.27. The van der Waals surface area contributed by atoms with Gasteiger partial charge in [-0.25, -0.2) is 14.6 Å². The molecule has 1 heterocycles. The molecular formula is C12H11N3O4S. The third-order valence-corrected chi connectivity index (χ3v) is 3.18. The maximum atomic E-state index is 11.7. The van der Waals surface area contributed by atoms with Crippen molar-refractivity contribution in [2.75, 3.05) is 10.6 Å². The van der Waals surface area contributed by atoms with Crippen molar-refractivity contribution in [3.05, 3.63) is 34.8 Å². The monoisotopic (exact) mass is 293 g/mol. The zero-order chi connectivity index (χ0) is 14.7. The first-order valence-electron chi connectivity index (χ1n) is 5.53. The van der Waals surface area contributed by atoms with Crippen molar-refractivity contribution in [1.82, 2.24) is 4.98 Å². The van der Waals surface area contributed by atoms with Gasteiger partial charge in [0.1, 0.15) is 5.56 Å². The number of para-hydroxylation sites is 1. The smallest absolute Gasteiger partial charge is 0.339 e. The van der Waals surface area contributed by atoms with E-state index in [9.17, 15) is 14.7 Å². The lowest BCUT2D eigenvalue weighted by Gasteiger charge is -2.08. The van der Waals surface area contributed by atoms with E-state index in [2.05, 4.69) is 15.6 Å². The lowest BCUT2D eigenvalue weighted by atomic mass is 10.2. The molecule has 2 amide bonds. The zero-order valence-electron chi connectivity index (χ0n) is 10.4. The van der Waals surface area contributed by atoms with Gasteiger partial charge in [0.25, 0.3) is 0 Å². The van der Waals surface area contributed by atoms with Crippen LogP contribution in [0.3, 0.4) is 0 Å². The maximum absolute atomic E-state index is 11.7. The van der Waals surface area contributed by atoms with Crippen LogP contribution in [0, 0.1) is 6.92 Å². The number of carbonyl (C=O) groups is 2. The second-order valence-electron chi connectivity index (χ2n) is 3.86. The summed E-state index contributed by atoms with van der Waals surface area (Å²) in [5.74, 6) is -1.77. The molecule has 1 aromatic carbocycles. The van der Waals surface area contributed by atoms with Crippen LogP contribution in [0.2, 0.25) is 0 Å². The Bertz CT molecular complexity index is 668. The fourth-order valence-corrected chi connectivity index (χ4v) is 2.14. The van der Waals surface area contributed by atoms with E-state index in [-0.39, 0.29) is 11.3 Å². The second kappa shape index (κ2) is 5.57. The van der Waals surface area contributed by atoms with E-state index in [4.69, 9.17) is 5.11 Å². The number of benzene rings is 1. The molecule has 7 nitrogen and oxygen atoms in total. The summed E-state index contributed by atoms with van der Waals surface area (Å²) < 4.78 is 0. The van der Waals surface area contributed by atoms with Crippen molar-refractivity contribution in [1.29, 1.82) is 0 Å². The van der Waals surface area contributed by atoms with Crippen LogP contribution in [0.25, 0.3) is 0 Å². The number of anilines is 2. The number of hydrogen-bond donors (Lipinski definition) is 4. The molecule has 0 atom stereocenters. The van der Waals surface area contributed by atoms with Crippen LogP contribution in [-0.2, 0) is 0 Å². The lowest BCUT2D eigenvalue weighted by molar-refractivity contribution is 0.0694. The summed E-state index contributed by atoms with van der Waals surface area (Å²) in [5, 5.41) is 23.9. The van der Waals surface area contributed by atoms with Crippen molar-refractivity contribution < 1.29 is 19.8 Å². The second-order valence-corrected chi connectivity index (χ2v) is 5.10. The Kier molecular flexibility index (Phi) is 3.85. The van der Waals surface area contributed by atoms with Crippen LogP contribution in [0.4, 0.5) is 15.6 Å². The fraction of sp³-hybridized carbons (Fsp3) is 0.0833. The highest BCUT2D eigenvalue weighted by Gasteiger charge is 2.15. The number of nitrogens with zero attached hydrogens (tertiary/aromatic N) is 1. The standard InChI is InChI=1S/C12H11N3O4S/c1-6-5-13-12(20-6)15-11(19)14-8-4-2-3-7(9(8)16)10(17)18/h2-5,16H,1H3,(H,17,18)(H2,13,14,15,19). The predicted octanol–water partition coefficient (Wildman–Crippen LogP) is 2.50. The predicted molar refractivity (Wildman–Crippen MR) is 74.6 cm³/mol. The van der Waals surface area contributed by atoms with Gasteiger partial charge in [-0.1, -0.05) is 6.07 Å². The third-order valence-electron chi connectivity index (χ3n) is 2.36. The molecule has 0 saturated heterocycles. The Balaban J connectivity index is 2.12. The summed E-state index contributed by atoms with van der Waals surface area (Å²) in [6.07, 6.45) is 1.61. The van der Waals surface area contributed by atoms with Crippen LogP contribution in [0.15, 0.2) is 24.4 Å². The normalized spacial score (nSPS) is 10.1. The van der Waals surface area contributed by atoms with Crippen molar-refractivity contribution in [2.45, 2.75) is 6.92 Å². The molecule has 2 aromatic rings. The third kappa shape index (κ3) is 3.04. The van der Waals surface area contributed by atoms with Crippen LogP contribution < -0.4 is 10.6 Å². The van der Waals surface area contributed by atoms with Gasteiger partial charge in [-0.3, -0.25) is 5.32 Å². The molecule has 0 aliphatic carbocycles.